The summed E-state index contributed by atoms with van der Waals surface area (Å²) >= 11 is 0. The van der Waals surface area contributed by atoms with Crippen molar-refractivity contribution >= 4 is 5.97 Å². The summed E-state index contributed by atoms with van der Waals surface area (Å²) in [5.41, 5.74) is 0.147. The van der Waals surface area contributed by atoms with Gasteiger partial charge in [-0.3, -0.25) is 0 Å². The Labute approximate surface area is 88.9 Å². The van der Waals surface area contributed by atoms with E-state index in [-0.39, 0.29) is 5.69 Å². The fourth-order valence-electron chi connectivity index (χ4n) is 2.19. The molecule has 0 aromatic carbocycles. The molecule has 15 heavy (non-hydrogen) atoms. The fourth-order valence-corrected chi connectivity index (χ4v) is 2.19. The van der Waals surface area contributed by atoms with Crippen LogP contribution >= 0.6 is 0 Å². The summed E-state index contributed by atoms with van der Waals surface area (Å²) in [6.45, 7) is 2.27. The number of nitrogens with zero attached hydrogens (tertiary/aromatic N) is 2. The lowest BCUT2D eigenvalue weighted by atomic mass is 9.87. The van der Waals surface area contributed by atoms with Crippen molar-refractivity contribution in [2.75, 3.05) is 0 Å². The van der Waals surface area contributed by atoms with Crippen molar-refractivity contribution < 1.29 is 9.90 Å². The lowest BCUT2D eigenvalue weighted by Gasteiger charge is -2.26. The Balaban J connectivity index is 2.06. The highest BCUT2D eigenvalue weighted by Gasteiger charge is 2.20. The maximum absolute atomic E-state index is 10.7. The van der Waals surface area contributed by atoms with Crippen LogP contribution in [0.25, 0.3) is 0 Å². The van der Waals surface area contributed by atoms with Gasteiger partial charge in [0.1, 0.15) is 0 Å². The van der Waals surface area contributed by atoms with Gasteiger partial charge in [0.15, 0.2) is 5.69 Å². The van der Waals surface area contributed by atoms with Crippen LogP contribution in [0.15, 0.2) is 12.5 Å². The van der Waals surface area contributed by atoms with Gasteiger partial charge in [-0.1, -0.05) is 6.92 Å². The second-order valence-corrected chi connectivity index (χ2v) is 4.42. The van der Waals surface area contributed by atoms with Crippen LogP contribution in [0.3, 0.4) is 0 Å². The van der Waals surface area contributed by atoms with Gasteiger partial charge in [0.25, 0.3) is 0 Å². The Hall–Kier alpha value is -1.32. The lowest BCUT2D eigenvalue weighted by Crippen LogP contribution is -2.15. The van der Waals surface area contributed by atoms with Crippen LogP contribution in [-0.4, -0.2) is 20.6 Å². The molecule has 1 aromatic heterocycles. The van der Waals surface area contributed by atoms with Crippen molar-refractivity contribution in [1.29, 1.82) is 0 Å². The van der Waals surface area contributed by atoms with Crippen LogP contribution in [0.2, 0.25) is 0 Å². The smallest absolute Gasteiger partial charge is 0.356 e. The van der Waals surface area contributed by atoms with Gasteiger partial charge in [-0.25, -0.2) is 9.78 Å². The molecule has 1 saturated carbocycles. The van der Waals surface area contributed by atoms with Crippen molar-refractivity contribution in [3.8, 4) is 0 Å². The zero-order valence-corrected chi connectivity index (χ0v) is 8.89. The number of aromatic carboxylic acids is 1. The van der Waals surface area contributed by atoms with Crippen molar-refractivity contribution in [2.24, 2.45) is 5.92 Å². The van der Waals surface area contributed by atoms with E-state index in [2.05, 4.69) is 11.9 Å². The first-order valence-corrected chi connectivity index (χ1v) is 5.43. The third-order valence-corrected chi connectivity index (χ3v) is 3.23. The molecule has 4 heteroatoms. The molecule has 1 aliphatic rings. The molecule has 0 spiro atoms. The van der Waals surface area contributed by atoms with E-state index in [1.807, 2.05) is 4.57 Å². The summed E-state index contributed by atoms with van der Waals surface area (Å²) in [7, 11) is 0. The average Bonchev–Trinajstić information content (AvgIpc) is 2.68. The number of hydrogen-bond acceptors (Lipinski definition) is 2. The first-order valence-electron chi connectivity index (χ1n) is 5.43. The van der Waals surface area contributed by atoms with Gasteiger partial charge in [0.05, 0.1) is 6.33 Å². The quantitative estimate of drug-likeness (QED) is 0.811. The molecule has 0 amide bonds. The van der Waals surface area contributed by atoms with E-state index in [1.165, 1.54) is 12.8 Å². The summed E-state index contributed by atoms with van der Waals surface area (Å²) in [4.78, 5) is 14.5. The number of carboxylic acids is 1. The summed E-state index contributed by atoms with van der Waals surface area (Å²) in [6, 6.07) is 0.446. The van der Waals surface area contributed by atoms with Crippen LogP contribution in [0.4, 0.5) is 0 Å². The number of aromatic nitrogens is 2. The van der Waals surface area contributed by atoms with E-state index in [0.29, 0.717) is 6.04 Å². The van der Waals surface area contributed by atoms with Gasteiger partial charge < -0.3 is 9.67 Å². The number of rotatable bonds is 2. The molecule has 1 heterocycles. The van der Waals surface area contributed by atoms with Crippen molar-refractivity contribution in [3.63, 3.8) is 0 Å². The highest BCUT2D eigenvalue weighted by atomic mass is 16.4. The predicted molar refractivity (Wildman–Crippen MR) is 55.9 cm³/mol. The minimum atomic E-state index is -0.946. The fraction of sp³-hybridized carbons (Fsp3) is 0.636. The minimum Gasteiger partial charge on any atom is -0.476 e. The van der Waals surface area contributed by atoms with Crippen molar-refractivity contribution in [2.45, 2.75) is 38.6 Å². The second-order valence-electron chi connectivity index (χ2n) is 4.42. The molecule has 4 nitrogen and oxygen atoms in total. The maximum Gasteiger partial charge on any atom is 0.356 e. The Morgan fingerprint density at radius 2 is 2.13 bits per heavy atom. The molecular weight excluding hydrogens is 192 g/mol. The molecule has 0 bridgehead atoms. The van der Waals surface area contributed by atoms with Crippen LogP contribution in [0.5, 0.6) is 0 Å². The summed E-state index contributed by atoms with van der Waals surface area (Å²) in [5.74, 6) is -0.137. The van der Waals surface area contributed by atoms with E-state index >= 15 is 0 Å². The molecule has 1 aromatic rings. The van der Waals surface area contributed by atoms with Gasteiger partial charge in [0, 0.05) is 12.2 Å². The maximum atomic E-state index is 10.7. The van der Waals surface area contributed by atoms with Gasteiger partial charge >= 0.3 is 5.97 Å². The van der Waals surface area contributed by atoms with Gasteiger partial charge in [-0.15, -0.1) is 0 Å². The summed E-state index contributed by atoms with van der Waals surface area (Å²) in [5, 5.41) is 8.76. The van der Waals surface area contributed by atoms with E-state index in [1.54, 1.807) is 12.5 Å². The summed E-state index contributed by atoms with van der Waals surface area (Å²) in [6.07, 6.45) is 8.01. The number of carbonyl (C=O) groups is 1. The Morgan fingerprint density at radius 3 is 2.67 bits per heavy atom. The molecule has 0 aliphatic heterocycles. The minimum absolute atomic E-state index is 0.147. The van der Waals surface area contributed by atoms with E-state index < -0.39 is 5.97 Å². The molecule has 0 unspecified atom stereocenters. The molecule has 1 N–H and O–H groups in total. The van der Waals surface area contributed by atoms with Crippen molar-refractivity contribution in [3.05, 3.63) is 18.2 Å². The zero-order valence-electron chi connectivity index (χ0n) is 8.89. The standard InChI is InChI=1S/C11H16N2O2/c1-8-2-4-9(5-3-8)13-6-10(11(14)15)12-7-13/h6-9H,2-5H2,1H3,(H,14,15). The number of hydrogen-bond donors (Lipinski definition) is 1. The largest absolute Gasteiger partial charge is 0.476 e. The molecular formula is C11H16N2O2. The molecule has 82 valence electrons. The lowest BCUT2D eigenvalue weighted by molar-refractivity contribution is 0.0691. The highest BCUT2D eigenvalue weighted by molar-refractivity contribution is 5.84. The number of carboxylic acid groups (broad SMARTS) is 1. The normalized spacial score (nSPS) is 26.5. The van der Waals surface area contributed by atoms with E-state index in [4.69, 9.17) is 5.11 Å². The van der Waals surface area contributed by atoms with E-state index in [0.717, 1.165) is 18.8 Å². The topological polar surface area (TPSA) is 55.1 Å². The molecule has 0 atom stereocenters. The monoisotopic (exact) mass is 208 g/mol. The predicted octanol–water partition coefficient (Wildman–Crippen LogP) is 2.33. The van der Waals surface area contributed by atoms with Crippen LogP contribution in [0, 0.1) is 5.92 Å². The zero-order chi connectivity index (χ0) is 10.8. The molecule has 1 aliphatic carbocycles. The highest BCUT2D eigenvalue weighted by Crippen LogP contribution is 2.31. The van der Waals surface area contributed by atoms with Crippen LogP contribution < -0.4 is 0 Å². The van der Waals surface area contributed by atoms with E-state index in [9.17, 15) is 4.79 Å². The first kappa shape index (κ1) is 10.2. The van der Waals surface area contributed by atoms with Gasteiger partial charge in [-0.05, 0) is 31.6 Å². The average molecular weight is 208 g/mol. The third kappa shape index (κ3) is 2.19. The van der Waals surface area contributed by atoms with Crippen LogP contribution in [-0.2, 0) is 0 Å². The van der Waals surface area contributed by atoms with Gasteiger partial charge in [0.2, 0.25) is 0 Å². The third-order valence-electron chi connectivity index (χ3n) is 3.23. The Morgan fingerprint density at radius 1 is 1.47 bits per heavy atom. The molecule has 0 saturated heterocycles. The van der Waals surface area contributed by atoms with Crippen molar-refractivity contribution in [1.82, 2.24) is 9.55 Å². The van der Waals surface area contributed by atoms with Gasteiger partial charge in [-0.2, -0.15) is 0 Å². The molecule has 1 fully saturated rings. The Bertz CT molecular complexity index is 351. The molecule has 2 rings (SSSR count). The molecule has 0 radical (unpaired) electrons. The first-order chi connectivity index (χ1) is 7.16. The van der Waals surface area contributed by atoms with Crippen LogP contribution in [0.1, 0.15) is 49.1 Å². The Kier molecular flexibility index (Phi) is 2.75. The second kappa shape index (κ2) is 4.04. The SMILES string of the molecule is CC1CCC(n2cnc(C(=O)O)c2)CC1. The summed E-state index contributed by atoms with van der Waals surface area (Å²) < 4.78 is 1.95. The number of imidazole rings is 1.